The molecule has 3 rings (SSSR count). The highest BCUT2D eigenvalue weighted by Crippen LogP contribution is 2.48. The van der Waals surface area contributed by atoms with Gasteiger partial charge in [0.15, 0.2) is 0 Å². The van der Waals surface area contributed by atoms with Crippen molar-refractivity contribution in [3.8, 4) is 0 Å². The van der Waals surface area contributed by atoms with Crippen molar-refractivity contribution in [2.24, 2.45) is 11.3 Å². The molecule has 4 heteroatoms. The number of hydrogen-bond donors (Lipinski definition) is 0. The summed E-state index contributed by atoms with van der Waals surface area (Å²) < 4.78 is 5.45. The maximum atomic E-state index is 12.2. The zero-order valence-electron chi connectivity index (χ0n) is 12.3. The van der Waals surface area contributed by atoms with E-state index in [0.717, 1.165) is 36.3 Å². The van der Waals surface area contributed by atoms with E-state index in [2.05, 4.69) is 15.9 Å². The largest absolute Gasteiger partial charge is 0.445 e. The summed E-state index contributed by atoms with van der Waals surface area (Å²) in [7, 11) is 0. The first-order valence-electron chi connectivity index (χ1n) is 7.72. The van der Waals surface area contributed by atoms with E-state index in [1.807, 2.05) is 35.2 Å². The van der Waals surface area contributed by atoms with Crippen LogP contribution < -0.4 is 0 Å². The van der Waals surface area contributed by atoms with Gasteiger partial charge in [-0.1, -0.05) is 46.3 Å². The molecule has 2 atom stereocenters. The lowest BCUT2D eigenvalue weighted by atomic mass is 9.85. The van der Waals surface area contributed by atoms with Gasteiger partial charge in [-0.2, -0.15) is 0 Å². The molecule has 0 unspecified atom stereocenters. The molecule has 0 aromatic heterocycles. The minimum atomic E-state index is -0.155. The van der Waals surface area contributed by atoms with Gasteiger partial charge >= 0.3 is 6.09 Å². The average molecular weight is 352 g/mol. The van der Waals surface area contributed by atoms with E-state index in [1.165, 1.54) is 19.3 Å². The monoisotopic (exact) mass is 351 g/mol. The van der Waals surface area contributed by atoms with E-state index in [4.69, 9.17) is 4.74 Å². The van der Waals surface area contributed by atoms with Gasteiger partial charge in [-0.25, -0.2) is 4.79 Å². The summed E-state index contributed by atoms with van der Waals surface area (Å²) in [5.74, 6) is 0.783. The summed E-state index contributed by atoms with van der Waals surface area (Å²) in [5.41, 5.74) is 1.41. The molecule has 1 aliphatic carbocycles. The first kappa shape index (κ1) is 14.9. The second-order valence-corrected chi connectivity index (χ2v) is 7.12. The molecule has 1 spiro atoms. The van der Waals surface area contributed by atoms with Crippen LogP contribution in [-0.2, 0) is 11.3 Å². The van der Waals surface area contributed by atoms with E-state index in [1.54, 1.807) is 0 Å². The molecule has 21 heavy (non-hydrogen) atoms. The molecule has 1 saturated heterocycles. The number of halogens is 1. The summed E-state index contributed by atoms with van der Waals surface area (Å²) in [6, 6.07) is 9.86. The Labute approximate surface area is 134 Å². The van der Waals surface area contributed by atoms with Crippen LogP contribution in [0.3, 0.4) is 0 Å². The number of alkyl halides is 1. The molecule has 1 aliphatic heterocycles. The summed E-state index contributed by atoms with van der Waals surface area (Å²) in [4.78, 5) is 14.1. The molecule has 1 heterocycles. The van der Waals surface area contributed by atoms with Crippen LogP contribution in [-0.4, -0.2) is 29.4 Å². The van der Waals surface area contributed by atoms with Crippen LogP contribution in [0.5, 0.6) is 0 Å². The van der Waals surface area contributed by atoms with Crippen LogP contribution in [0.2, 0.25) is 0 Å². The number of rotatable bonds is 3. The van der Waals surface area contributed by atoms with Crippen molar-refractivity contribution in [2.45, 2.75) is 32.3 Å². The van der Waals surface area contributed by atoms with Crippen molar-refractivity contribution in [1.29, 1.82) is 0 Å². The Morgan fingerprint density at radius 3 is 2.86 bits per heavy atom. The molecule has 2 fully saturated rings. The van der Waals surface area contributed by atoms with Gasteiger partial charge in [0, 0.05) is 18.4 Å². The minimum Gasteiger partial charge on any atom is -0.445 e. The van der Waals surface area contributed by atoms with Gasteiger partial charge in [0.05, 0.1) is 0 Å². The quantitative estimate of drug-likeness (QED) is 0.763. The van der Waals surface area contributed by atoms with Crippen molar-refractivity contribution in [3.05, 3.63) is 35.9 Å². The first-order valence-corrected chi connectivity index (χ1v) is 8.84. The number of carbonyl (C=O) groups is 1. The predicted octanol–water partition coefficient (Wildman–Crippen LogP) is 4.21. The standard InChI is InChI=1S/C17H22BrNO2/c18-11-15-6-7-17(10-15)8-9-19(13-17)16(20)21-12-14-4-2-1-3-5-14/h1-5,15H,6-13H2/t15-,17-/m0/s1. The normalized spacial score (nSPS) is 28.2. The Hall–Kier alpha value is -1.03. The second-order valence-electron chi connectivity index (χ2n) is 6.47. The Morgan fingerprint density at radius 1 is 1.33 bits per heavy atom. The zero-order valence-corrected chi connectivity index (χ0v) is 13.8. The van der Waals surface area contributed by atoms with Gasteiger partial charge in [0.2, 0.25) is 0 Å². The average Bonchev–Trinajstić information content (AvgIpc) is 3.13. The van der Waals surface area contributed by atoms with E-state index >= 15 is 0 Å². The van der Waals surface area contributed by atoms with Crippen molar-refractivity contribution in [1.82, 2.24) is 4.90 Å². The fourth-order valence-electron chi connectivity index (χ4n) is 3.73. The Morgan fingerprint density at radius 2 is 2.14 bits per heavy atom. The Kier molecular flexibility index (Phi) is 4.53. The van der Waals surface area contributed by atoms with Gasteiger partial charge in [-0.05, 0) is 42.6 Å². The number of carbonyl (C=O) groups excluding carboxylic acids is 1. The minimum absolute atomic E-state index is 0.155. The molecule has 0 radical (unpaired) electrons. The lowest BCUT2D eigenvalue weighted by Gasteiger charge is -2.23. The SMILES string of the molecule is O=C(OCc1ccccc1)N1CC[C@]2(CC[C@H](CBr)C2)C1. The van der Waals surface area contributed by atoms with Gasteiger partial charge in [0.25, 0.3) is 0 Å². The van der Waals surface area contributed by atoms with Gasteiger partial charge in [0.1, 0.15) is 6.61 Å². The van der Waals surface area contributed by atoms with Crippen LogP contribution in [0.15, 0.2) is 30.3 Å². The molecule has 1 amide bonds. The molecular formula is C17H22BrNO2. The highest BCUT2D eigenvalue weighted by atomic mass is 79.9. The van der Waals surface area contributed by atoms with E-state index < -0.39 is 0 Å². The summed E-state index contributed by atoms with van der Waals surface area (Å²) in [6.07, 6.45) is 4.78. The van der Waals surface area contributed by atoms with Crippen molar-refractivity contribution in [2.75, 3.05) is 18.4 Å². The van der Waals surface area contributed by atoms with Gasteiger partial charge < -0.3 is 9.64 Å². The fourth-order valence-corrected chi connectivity index (χ4v) is 4.28. The summed E-state index contributed by atoms with van der Waals surface area (Å²) >= 11 is 3.60. The molecule has 1 aromatic rings. The number of nitrogens with zero attached hydrogens (tertiary/aromatic N) is 1. The third kappa shape index (κ3) is 3.42. The van der Waals surface area contributed by atoms with Crippen molar-refractivity contribution >= 4 is 22.0 Å². The third-order valence-corrected chi connectivity index (χ3v) is 5.84. The van der Waals surface area contributed by atoms with Crippen LogP contribution in [0.4, 0.5) is 4.79 Å². The number of amides is 1. The molecule has 0 bridgehead atoms. The van der Waals surface area contributed by atoms with Crippen LogP contribution in [0.25, 0.3) is 0 Å². The third-order valence-electron chi connectivity index (χ3n) is 4.92. The topological polar surface area (TPSA) is 29.5 Å². The Bertz CT molecular complexity index is 493. The first-order chi connectivity index (χ1) is 10.2. The summed E-state index contributed by atoms with van der Waals surface area (Å²) in [6.45, 7) is 2.10. The molecule has 3 nitrogen and oxygen atoms in total. The van der Waals surface area contributed by atoms with Gasteiger partial charge in [-0.3, -0.25) is 0 Å². The smallest absolute Gasteiger partial charge is 0.410 e. The highest BCUT2D eigenvalue weighted by Gasteiger charge is 2.45. The molecule has 1 saturated carbocycles. The van der Waals surface area contributed by atoms with Crippen molar-refractivity contribution < 1.29 is 9.53 Å². The van der Waals surface area contributed by atoms with Crippen molar-refractivity contribution in [3.63, 3.8) is 0 Å². The maximum absolute atomic E-state index is 12.2. The fraction of sp³-hybridized carbons (Fsp3) is 0.588. The molecule has 2 aliphatic rings. The molecule has 114 valence electrons. The van der Waals surface area contributed by atoms with E-state index in [9.17, 15) is 4.79 Å². The molecule has 1 aromatic carbocycles. The lowest BCUT2D eigenvalue weighted by Crippen LogP contribution is -2.31. The predicted molar refractivity (Wildman–Crippen MR) is 86.4 cm³/mol. The number of likely N-dealkylation sites (tertiary alicyclic amines) is 1. The Balaban J connectivity index is 1.51. The lowest BCUT2D eigenvalue weighted by molar-refractivity contribution is 0.0995. The summed E-state index contributed by atoms with van der Waals surface area (Å²) in [5, 5.41) is 1.09. The maximum Gasteiger partial charge on any atom is 0.410 e. The van der Waals surface area contributed by atoms with Gasteiger partial charge in [-0.15, -0.1) is 0 Å². The van der Waals surface area contributed by atoms with Crippen LogP contribution >= 0.6 is 15.9 Å². The van der Waals surface area contributed by atoms with Crippen LogP contribution in [0, 0.1) is 11.3 Å². The number of hydrogen-bond acceptors (Lipinski definition) is 2. The second kappa shape index (κ2) is 6.39. The zero-order chi connectivity index (χ0) is 14.7. The van der Waals surface area contributed by atoms with E-state index in [0.29, 0.717) is 12.0 Å². The molecule has 0 N–H and O–H groups in total. The van der Waals surface area contributed by atoms with Crippen LogP contribution in [0.1, 0.15) is 31.2 Å². The number of ether oxygens (including phenoxy) is 1. The molecular weight excluding hydrogens is 330 g/mol. The van der Waals surface area contributed by atoms with E-state index in [-0.39, 0.29) is 6.09 Å². The highest BCUT2D eigenvalue weighted by molar-refractivity contribution is 9.09. The number of benzene rings is 1.